The highest BCUT2D eigenvalue weighted by molar-refractivity contribution is 7.89. The maximum absolute atomic E-state index is 13.6. The number of sulfonamides is 1. The predicted molar refractivity (Wildman–Crippen MR) is 64.1 cm³/mol. The summed E-state index contributed by atoms with van der Waals surface area (Å²) in [4.78, 5) is 10.3. The Balaban J connectivity index is 2.35. The van der Waals surface area contributed by atoms with Crippen LogP contribution in [0.15, 0.2) is 23.1 Å². The zero-order valence-corrected chi connectivity index (χ0v) is 11.1. The third-order valence-corrected chi connectivity index (χ3v) is 4.74. The summed E-state index contributed by atoms with van der Waals surface area (Å²) in [5, 5.41) is 0. The van der Waals surface area contributed by atoms with Gasteiger partial charge >= 0.3 is 0 Å². The van der Waals surface area contributed by atoms with E-state index in [0.29, 0.717) is 6.07 Å². The quantitative estimate of drug-likeness (QED) is 0.840. The number of amides is 1. The SMILES string of the molecule is NC(=O)C1CN(S(=O)(=O)c2cc(F)ccc2F)CCO1. The first kappa shape index (κ1) is 14.8. The van der Waals surface area contributed by atoms with Crippen LogP contribution >= 0.6 is 0 Å². The molecule has 1 amide bonds. The van der Waals surface area contributed by atoms with Gasteiger partial charge in [-0.05, 0) is 18.2 Å². The maximum Gasteiger partial charge on any atom is 0.247 e. The highest BCUT2D eigenvalue weighted by atomic mass is 32.2. The molecule has 2 N–H and O–H groups in total. The molecule has 1 aliphatic heterocycles. The van der Waals surface area contributed by atoms with Gasteiger partial charge in [0.1, 0.15) is 22.6 Å². The third-order valence-electron chi connectivity index (χ3n) is 2.86. The van der Waals surface area contributed by atoms with Crippen molar-refractivity contribution >= 4 is 15.9 Å². The van der Waals surface area contributed by atoms with Crippen molar-refractivity contribution in [3.63, 3.8) is 0 Å². The van der Waals surface area contributed by atoms with Crippen LogP contribution < -0.4 is 5.73 Å². The van der Waals surface area contributed by atoms with Gasteiger partial charge in [0, 0.05) is 13.1 Å². The summed E-state index contributed by atoms with van der Waals surface area (Å²) < 4.78 is 57.0. The molecule has 6 nitrogen and oxygen atoms in total. The van der Waals surface area contributed by atoms with Gasteiger partial charge in [0.2, 0.25) is 15.9 Å². The smallest absolute Gasteiger partial charge is 0.247 e. The number of carbonyl (C=O) groups is 1. The molecule has 1 aromatic carbocycles. The minimum Gasteiger partial charge on any atom is -0.367 e. The third kappa shape index (κ3) is 2.79. The standard InChI is InChI=1S/C11H12F2N2O4S/c12-7-1-2-8(13)10(5-7)20(17,18)15-3-4-19-9(6-15)11(14)16/h1-2,5,9H,3-4,6H2,(H2,14,16). The zero-order valence-electron chi connectivity index (χ0n) is 10.3. The van der Waals surface area contributed by atoms with Crippen LogP contribution in [0.3, 0.4) is 0 Å². The Hall–Kier alpha value is -1.58. The lowest BCUT2D eigenvalue weighted by molar-refractivity contribution is -0.132. The van der Waals surface area contributed by atoms with E-state index in [9.17, 15) is 22.0 Å². The van der Waals surface area contributed by atoms with Crippen molar-refractivity contribution in [2.24, 2.45) is 5.73 Å². The maximum atomic E-state index is 13.6. The van der Waals surface area contributed by atoms with Gasteiger partial charge in [0.25, 0.3) is 0 Å². The molecule has 9 heteroatoms. The van der Waals surface area contributed by atoms with Crippen LogP contribution in [0.5, 0.6) is 0 Å². The predicted octanol–water partition coefficient (Wildman–Crippen LogP) is -0.160. The van der Waals surface area contributed by atoms with Crippen molar-refractivity contribution in [3.05, 3.63) is 29.8 Å². The normalized spacial score (nSPS) is 20.8. The minimum atomic E-state index is -4.25. The number of nitrogens with zero attached hydrogens (tertiary/aromatic N) is 1. The lowest BCUT2D eigenvalue weighted by atomic mass is 10.3. The van der Waals surface area contributed by atoms with Crippen molar-refractivity contribution in [2.75, 3.05) is 19.7 Å². The fraction of sp³-hybridized carbons (Fsp3) is 0.364. The van der Waals surface area contributed by atoms with Crippen LogP contribution in [-0.2, 0) is 19.6 Å². The molecule has 1 heterocycles. The number of rotatable bonds is 3. The molecule has 0 aromatic heterocycles. The van der Waals surface area contributed by atoms with Crippen LogP contribution in [0, 0.1) is 11.6 Å². The van der Waals surface area contributed by atoms with E-state index in [2.05, 4.69) is 0 Å². The zero-order chi connectivity index (χ0) is 14.9. The molecule has 0 spiro atoms. The Morgan fingerprint density at radius 3 is 2.75 bits per heavy atom. The van der Waals surface area contributed by atoms with Gasteiger partial charge in [-0.2, -0.15) is 4.31 Å². The van der Waals surface area contributed by atoms with Gasteiger partial charge < -0.3 is 10.5 Å². The van der Waals surface area contributed by atoms with Crippen molar-refractivity contribution in [2.45, 2.75) is 11.0 Å². The number of carbonyl (C=O) groups excluding carboxylic acids is 1. The molecule has 0 saturated carbocycles. The fourth-order valence-electron chi connectivity index (χ4n) is 1.83. The van der Waals surface area contributed by atoms with E-state index in [-0.39, 0.29) is 19.7 Å². The van der Waals surface area contributed by atoms with Crippen molar-refractivity contribution in [3.8, 4) is 0 Å². The fourth-order valence-corrected chi connectivity index (χ4v) is 3.33. The average molecular weight is 306 g/mol. The number of primary amides is 1. The molecule has 20 heavy (non-hydrogen) atoms. The lowest BCUT2D eigenvalue weighted by Crippen LogP contribution is -2.50. The van der Waals surface area contributed by atoms with Crippen molar-refractivity contribution < 1.29 is 26.7 Å². The molecule has 1 atom stereocenters. The highest BCUT2D eigenvalue weighted by Gasteiger charge is 2.34. The first-order valence-corrected chi connectivity index (χ1v) is 7.12. The molecule has 2 rings (SSSR count). The number of hydrogen-bond donors (Lipinski definition) is 1. The molecule has 1 saturated heterocycles. The van der Waals surface area contributed by atoms with E-state index < -0.39 is 38.6 Å². The molecule has 0 bridgehead atoms. The molecular weight excluding hydrogens is 294 g/mol. The van der Waals surface area contributed by atoms with E-state index >= 15 is 0 Å². The number of ether oxygens (including phenoxy) is 1. The summed E-state index contributed by atoms with van der Waals surface area (Å²) in [6, 6.07) is 2.15. The Labute approximate surface area is 114 Å². The molecular formula is C11H12F2N2O4S. The number of benzene rings is 1. The first-order chi connectivity index (χ1) is 9.32. The summed E-state index contributed by atoms with van der Waals surface area (Å²) in [5.74, 6) is -2.75. The van der Waals surface area contributed by atoms with Crippen LogP contribution in [0.1, 0.15) is 0 Å². The number of nitrogens with two attached hydrogens (primary N) is 1. The Morgan fingerprint density at radius 2 is 2.10 bits per heavy atom. The molecule has 1 unspecified atom stereocenters. The van der Waals surface area contributed by atoms with E-state index in [1.54, 1.807) is 0 Å². The Kier molecular flexibility index (Phi) is 4.02. The molecule has 1 aliphatic rings. The van der Waals surface area contributed by atoms with Crippen LogP contribution in [0.2, 0.25) is 0 Å². The van der Waals surface area contributed by atoms with Crippen LogP contribution in [0.4, 0.5) is 8.78 Å². The van der Waals surface area contributed by atoms with Gasteiger partial charge in [-0.1, -0.05) is 0 Å². The van der Waals surface area contributed by atoms with E-state index in [0.717, 1.165) is 16.4 Å². The number of hydrogen-bond acceptors (Lipinski definition) is 4. The van der Waals surface area contributed by atoms with Gasteiger partial charge in [-0.15, -0.1) is 0 Å². The molecule has 1 aromatic rings. The lowest BCUT2D eigenvalue weighted by Gasteiger charge is -2.30. The Bertz CT molecular complexity index is 635. The molecule has 0 radical (unpaired) electrons. The van der Waals surface area contributed by atoms with Gasteiger partial charge in [0.05, 0.1) is 6.61 Å². The summed E-state index contributed by atoms with van der Waals surface area (Å²) in [5.41, 5.74) is 5.05. The summed E-state index contributed by atoms with van der Waals surface area (Å²) in [6.45, 7) is -0.445. The summed E-state index contributed by atoms with van der Waals surface area (Å²) in [7, 11) is -4.25. The van der Waals surface area contributed by atoms with Gasteiger partial charge in [-0.25, -0.2) is 17.2 Å². The Morgan fingerprint density at radius 1 is 1.40 bits per heavy atom. The molecule has 1 fully saturated rings. The van der Waals surface area contributed by atoms with E-state index in [1.807, 2.05) is 0 Å². The molecule has 0 aliphatic carbocycles. The van der Waals surface area contributed by atoms with Gasteiger partial charge in [0.15, 0.2) is 0 Å². The van der Waals surface area contributed by atoms with Crippen molar-refractivity contribution in [1.82, 2.24) is 4.31 Å². The van der Waals surface area contributed by atoms with Gasteiger partial charge in [-0.3, -0.25) is 4.79 Å². The number of halogens is 2. The number of morpholine rings is 1. The largest absolute Gasteiger partial charge is 0.367 e. The second-order valence-corrected chi connectivity index (χ2v) is 6.11. The first-order valence-electron chi connectivity index (χ1n) is 5.68. The summed E-state index contributed by atoms with van der Waals surface area (Å²) >= 11 is 0. The highest BCUT2D eigenvalue weighted by Crippen LogP contribution is 2.22. The van der Waals surface area contributed by atoms with Crippen molar-refractivity contribution in [1.29, 1.82) is 0 Å². The summed E-state index contributed by atoms with van der Waals surface area (Å²) in [6.07, 6.45) is -1.10. The van der Waals surface area contributed by atoms with E-state index in [4.69, 9.17) is 10.5 Å². The monoisotopic (exact) mass is 306 g/mol. The molecule has 110 valence electrons. The topological polar surface area (TPSA) is 89.7 Å². The average Bonchev–Trinajstić information content (AvgIpc) is 2.41. The van der Waals surface area contributed by atoms with E-state index in [1.165, 1.54) is 0 Å². The second kappa shape index (κ2) is 5.43. The second-order valence-electron chi connectivity index (χ2n) is 4.20. The van der Waals surface area contributed by atoms with Crippen LogP contribution in [0.25, 0.3) is 0 Å². The van der Waals surface area contributed by atoms with Crippen LogP contribution in [-0.4, -0.2) is 44.4 Å². The minimum absolute atomic E-state index is 0.0518.